The van der Waals surface area contributed by atoms with Crippen molar-refractivity contribution in [1.82, 2.24) is 0 Å². The van der Waals surface area contributed by atoms with Crippen LogP contribution in [0.5, 0.6) is 0 Å². The molecule has 12 rings (SSSR count). The molecule has 0 fully saturated rings. The van der Waals surface area contributed by atoms with E-state index in [0.717, 1.165) is 0 Å². The fourth-order valence-electron chi connectivity index (χ4n) is 12.2. The van der Waals surface area contributed by atoms with Crippen LogP contribution in [0.1, 0.15) is 66.7 Å². The number of fused-ring (bicyclic) bond motifs is 12. The Hall–Kier alpha value is -5.81. The second kappa shape index (κ2) is 13.4. The third-order valence-corrected chi connectivity index (χ3v) is 22.8. The molecule has 4 aliphatic rings. The average Bonchev–Trinajstić information content (AvgIpc) is 4.00. The first-order valence-corrected chi connectivity index (χ1v) is 27.4. The van der Waals surface area contributed by atoms with Gasteiger partial charge >= 0.3 is 0 Å². The fraction of sp³-hybridized carbons (Fsp3) is 0.143. The molecule has 0 N–H and O–H groups in total. The lowest BCUT2D eigenvalue weighted by atomic mass is 10.1. The molecule has 4 aliphatic carbocycles. The molecule has 0 spiro atoms. The van der Waals surface area contributed by atoms with Crippen LogP contribution in [0.2, 0.25) is 26.2 Å². The summed E-state index contributed by atoms with van der Waals surface area (Å²) in [5, 5.41) is 0. The van der Waals surface area contributed by atoms with E-state index in [9.17, 15) is 0 Å². The van der Waals surface area contributed by atoms with E-state index >= 15 is 0 Å². The van der Waals surface area contributed by atoms with Crippen molar-refractivity contribution in [3.05, 3.63) is 239 Å². The summed E-state index contributed by atoms with van der Waals surface area (Å²) in [6.07, 6.45) is 0. The Bertz CT molecular complexity index is 2320. The number of benzene rings is 8. The molecular formula is C56H48Si2. The number of rotatable bonds is 4. The molecule has 0 heterocycles. The molecule has 0 amide bonds. The fourth-order valence-corrected chi connectivity index (χ4v) is 21.3. The maximum absolute atomic E-state index is 2.61. The van der Waals surface area contributed by atoms with Gasteiger partial charge < -0.3 is 0 Å². The van der Waals surface area contributed by atoms with Crippen LogP contribution in [0.25, 0.3) is 44.5 Å². The molecule has 0 saturated carbocycles. The van der Waals surface area contributed by atoms with Gasteiger partial charge in [0.15, 0.2) is 0 Å². The average molecular weight is 777 g/mol. The van der Waals surface area contributed by atoms with Crippen LogP contribution in [0.4, 0.5) is 0 Å². The van der Waals surface area contributed by atoms with Crippen LogP contribution < -0.4 is 0 Å². The van der Waals surface area contributed by atoms with E-state index in [1.54, 1.807) is 0 Å². The topological polar surface area (TPSA) is 0 Å². The minimum absolute atomic E-state index is 0.513. The normalized spacial score (nSPS) is 15.0. The van der Waals surface area contributed by atoms with Gasteiger partial charge in [0.2, 0.25) is 0 Å². The molecule has 0 bridgehead atoms. The second-order valence-electron chi connectivity index (χ2n) is 18.1. The van der Waals surface area contributed by atoms with Crippen molar-refractivity contribution < 1.29 is 0 Å². The van der Waals surface area contributed by atoms with E-state index in [0.29, 0.717) is 22.2 Å². The lowest BCUT2D eigenvalue weighted by Crippen LogP contribution is -2.42. The minimum Gasteiger partial charge on any atom is -0.0679 e. The molecule has 58 heavy (non-hydrogen) atoms. The van der Waals surface area contributed by atoms with Crippen LogP contribution in [-0.2, 0) is 0 Å². The summed E-state index contributed by atoms with van der Waals surface area (Å²) in [5.41, 5.74) is 25.8. The summed E-state index contributed by atoms with van der Waals surface area (Å²) in [7, 11) is -3.68. The zero-order valence-corrected chi connectivity index (χ0v) is 35.8. The molecule has 8 aromatic rings. The quantitative estimate of drug-likeness (QED) is 0.156. The van der Waals surface area contributed by atoms with E-state index in [4.69, 9.17) is 0 Å². The Labute approximate surface area is 345 Å². The molecule has 2 heteroatoms. The first-order valence-electron chi connectivity index (χ1n) is 21.1. The summed E-state index contributed by atoms with van der Waals surface area (Å²) >= 11 is 0. The van der Waals surface area contributed by atoms with Crippen LogP contribution in [0.3, 0.4) is 0 Å². The molecule has 0 atom stereocenters. The summed E-state index contributed by atoms with van der Waals surface area (Å²) in [6, 6.07) is 72.8. The zero-order chi connectivity index (χ0) is 39.2. The van der Waals surface area contributed by atoms with Crippen molar-refractivity contribution in [2.75, 3.05) is 0 Å². The summed E-state index contributed by atoms with van der Waals surface area (Å²) in [4.78, 5) is 0. The second-order valence-corrected chi connectivity index (χ2v) is 27.7. The Morgan fingerprint density at radius 1 is 0.207 bits per heavy atom. The van der Waals surface area contributed by atoms with Gasteiger partial charge in [0, 0.05) is 22.2 Å². The van der Waals surface area contributed by atoms with Crippen LogP contribution in [0.15, 0.2) is 194 Å². The zero-order valence-electron chi connectivity index (χ0n) is 33.8. The molecular weight excluding hydrogens is 729 g/mol. The first kappa shape index (κ1) is 35.4. The highest BCUT2D eigenvalue weighted by atomic mass is 28.3. The van der Waals surface area contributed by atoms with Crippen molar-refractivity contribution in [2.24, 2.45) is 0 Å². The van der Waals surface area contributed by atoms with E-state index in [2.05, 4.69) is 220 Å². The highest BCUT2D eigenvalue weighted by Crippen LogP contribution is 2.59. The summed E-state index contributed by atoms with van der Waals surface area (Å²) in [6.45, 7) is 10.4. The standard InChI is InChI=1S/2C28H24Si/c2*1-29(2,27-23-15-7-3-11-19(23)20-12-4-8-16-24(20)27)28-25-17-9-5-13-21(25)22-14-6-10-18-26(22)28/h2*3-18,27-28H,1-2H3. The predicted octanol–water partition coefficient (Wildman–Crippen LogP) is 14.8. The minimum atomic E-state index is -1.84. The van der Waals surface area contributed by atoms with Gasteiger partial charge in [-0.05, 0) is 89.0 Å². The Kier molecular flexibility index (Phi) is 8.16. The molecule has 280 valence electrons. The SMILES string of the molecule is C[Si](C)(C1c2ccccc2-c2ccccc21)C1c2ccccc2-c2ccccc21.C[Si](C)(C1c2ccccc2-c2ccccc21)C1c2ccccc2-c2ccccc21. The molecule has 0 nitrogen and oxygen atoms in total. The van der Waals surface area contributed by atoms with Gasteiger partial charge in [0.1, 0.15) is 0 Å². The number of hydrogen-bond donors (Lipinski definition) is 0. The lowest BCUT2D eigenvalue weighted by molar-refractivity contribution is 1.01. The van der Waals surface area contributed by atoms with Crippen LogP contribution >= 0.6 is 0 Å². The van der Waals surface area contributed by atoms with Crippen molar-refractivity contribution in [3.8, 4) is 44.5 Å². The summed E-state index contributed by atoms with van der Waals surface area (Å²) < 4.78 is 0. The van der Waals surface area contributed by atoms with Gasteiger partial charge in [-0.25, -0.2) is 0 Å². The van der Waals surface area contributed by atoms with E-state index in [-0.39, 0.29) is 0 Å². The first-order chi connectivity index (χ1) is 28.4. The smallest absolute Gasteiger partial charge is 0.0679 e. The van der Waals surface area contributed by atoms with Gasteiger partial charge in [0.25, 0.3) is 0 Å². The van der Waals surface area contributed by atoms with Crippen LogP contribution in [-0.4, -0.2) is 16.1 Å². The van der Waals surface area contributed by atoms with Crippen molar-refractivity contribution in [3.63, 3.8) is 0 Å². The van der Waals surface area contributed by atoms with Crippen molar-refractivity contribution >= 4 is 16.1 Å². The molecule has 0 radical (unpaired) electrons. The highest BCUT2D eigenvalue weighted by molar-refractivity contribution is 6.82. The third kappa shape index (κ3) is 5.11. The Morgan fingerprint density at radius 2 is 0.328 bits per heavy atom. The van der Waals surface area contributed by atoms with Gasteiger partial charge in [0.05, 0.1) is 16.1 Å². The number of hydrogen-bond acceptors (Lipinski definition) is 0. The van der Waals surface area contributed by atoms with Crippen molar-refractivity contribution in [2.45, 2.75) is 48.4 Å². The van der Waals surface area contributed by atoms with E-state index in [1.807, 2.05) is 0 Å². The summed E-state index contributed by atoms with van der Waals surface area (Å²) in [5.74, 6) is 0. The monoisotopic (exact) mass is 776 g/mol. The molecule has 0 saturated heterocycles. The van der Waals surface area contributed by atoms with Gasteiger partial charge in [-0.1, -0.05) is 220 Å². The van der Waals surface area contributed by atoms with Crippen molar-refractivity contribution in [1.29, 1.82) is 0 Å². The van der Waals surface area contributed by atoms with Gasteiger partial charge in [-0.3, -0.25) is 0 Å². The molecule has 0 aromatic heterocycles. The van der Waals surface area contributed by atoms with Crippen LogP contribution in [0, 0.1) is 0 Å². The van der Waals surface area contributed by atoms with E-state index in [1.165, 1.54) is 89.0 Å². The Balaban J connectivity index is 0.000000133. The maximum atomic E-state index is 2.61. The van der Waals surface area contributed by atoms with Gasteiger partial charge in [-0.2, -0.15) is 0 Å². The molecule has 0 unspecified atom stereocenters. The highest BCUT2D eigenvalue weighted by Gasteiger charge is 2.50. The van der Waals surface area contributed by atoms with E-state index < -0.39 is 16.1 Å². The predicted molar refractivity (Wildman–Crippen MR) is 250 cm³/mol. The molecule has 8 aromatic carbocycles. The Morgan fingerprint density at radius 3 is 0.466 bits per heavy atom. The largest absolute Gasteiger partial charge is 0.0731 e. The van der Waals surface area contributed by atoms with Gasteiger partial charge in [-0.15, -0.1) is 0 Å². The third-order valence-electron chi connectivity index (χ3n) is 14.3. The lowest BCUT2D eigenvalue weighted by Gasteiger charge is -2.38. The maximum Gasteiger partial charge on any atom is 0.0731 e. The molecule has 0 aliphatic heterocycles.